The van der Waals surface area contributed by atoms with Crippen LogP contribution in [0.15, 0.2) is 42.5 Å². The van der Waals surface area contributed by atoms with Crippen LogP contribution < -0.4 is 15.4 Å². The number of aliphatic hydroxyl groups is 1. The van der Waals surface area contributed by atoms with Crippen molar-refractivity contribution in [2.75, 3.05) is 13.6 Å². The van der Waals surface area contributed by atoms with Crippen LogP contribution in [0.5, 0.6) is 5.75 Å². The van der Waals surface area contributed by atoms with E-state index < -0.39 is 28.7 Å². The number of benzene rings is 3. The number of aryl methyl sites for hydroxylation is 1. The summed E-state index contributed by atoms with van der Waals surface area (Å²) in [5.74, 6) is -1.79. The molecule has 3 aromatic carbocycles. The Hall–Kier alpha value is -3.00. The molecular weight excluding hydrogens is 558 g/mol. The molecule has 0 unspecified atom stereocenters. The van der Waals surface area contributed by atoms with Gasteiger partial charge >= 0.3 is 0 Å². The minimum Gasteiger partial charge on any atom is -0.480 e. The van der Waals surface area contributed by atoms with Gasteiger partial charge < -0.3 is 20.5 Å². The molecule has 0 bridgehead atoms. The van der Waals surface area contributed by atoms with Crippen LogP contribution in [0.25, 0.3) is 11.1 Å². The van der Waals surface area contributed by atoms with E-state index in [9.17, 15) is 9.90 Å². The normalized spacial score (nSPS) is 26.5. The molecule has 6 rings (SSSR count). The molecule has 1 aliphatic heterocycles. The van der Waals surface area contributed by atoms with Crippen molar-refractivity contribution in [2.45, 2.75) is 82.0 Å². The largest absolute Gasteiger partial charge is 0.480 e. The summed E-state index contributed by atoms with van der Waals surface area (Å²) in [6.45, 7) is 4.28. The number of halogens is 3. The van der Waals surface area contributed by atoms with Crippen LogP contribution in [0.4, 0.5) is 8.78 Å². The van der Waals surface area contributed by atoms with Gasteiger partial charge in [0.05, 0.1) is 16.2 Å². The molecule has 3 aliphatic rings. The van der Waals surface area contributed by atoms with Crippen molar-refractivity contribution in [2.24, 2.45) is 0 Å². The average Bonchev–Trinajstić information content (AvgIpc) is 3.57. The van der Waals surface area contributed by atoms with Gasteiger partial charge in [0.15, 0.2) is 5.60 Å². The van der Waals surface area contributed by atoms with Gasteiger partial charge in [-0.25, -0.2) is 8.78 Å². The summed E-state index contributed by atoms with van der Waals surface area (Å²) in [5.41, 5.74) is 1.58. The predicted molar refractivity (Wildman–Crippen MR) is 160 cm³/mol. The van der Waals surface area contributed by atoms with Gasteiger partial charge in [0, 0.05) is 48.3 Å². The minimum atomic E-state index is -0.949. The van der Waals surface area contributed by atoms with E-state index in [1.807, 2.05) is 44.2 Å². The Morgan fingerprint density at radius 3 is 2.52 bits per heavy atom. The third-order valence-corrected chi connectivity index (χ3v) is 10.0. The predicted octanol–water partition coefficient (Wildman–Crippen LogP) is 6.81. The van der Waals surface area contributed by atoms with Crippen LogP contribution in [0.2, 0.25) is 5.02 Å². The SMILES string of the molecule is CNC(=O)c1cc2c(c(F)c1-c1c(Cl)c(F)cc3c1[C@H](C)[C@@](CN[C@H]1CC[C@](C)(O)CC1)(c1ccccc1)O3)CCC2. The van der Waals surface area contributed by atoms with E-state index in [1.54, 1.807) is 6.07 Å². The molecule has 1 fully saturated rings. The number of ether oxygens (including phenoxy) is 1. The third kappa shape index (κ3) is 4.80. The highest BCUT2D eigenvalue weighted by atomic mass is 35.5. The Morgan fingerprint density at radius 2 is 1.83 bits per heavy atom. The molecule has 2 aliphatic carbocycles. The molecule has 3 N–H and O–H groups in total. The molecule has 42 heavy (non-hydrogen) atoms. The van der Waals surface area contributed by atoms with E-state index in [4.69, 9.17) is 16.3 Å². The van der Waals surface area contributed by atoms with Gasteiger partial charge in [0.2, 0.25) is 0 Å². The van der Waals surface area contributed by atoms with Gasteiger partial charge in [-0.15, -0.1) is 0 Å². The van der Waals surface area contributed by atoms with Crippen LogP contribution in [-0.4, -0.2) is 36.2 Å². The van der Waals surface area contributed by atoms with Crippen molar-refractivity contribution in [1.82, 2.24) is 10.6 Å². The van der Waals surface area contributed by atoms with E-state index in [-0.39, 0.29) is 33.7 Å². The van der Waals surface area contributed by atoms with Crippen molar-refractivity contribution < 1.29 is 23.4 Å². The highest BCUT2D eigenvalue weighted by Crippen LogP contribution is 2.56. The molecule has 1 heterocycles. The molecule has 0 aromatic heterocycles. The molecule has 0 saturated heterocycles. The topological polar surface area (TPSA) is 70.6 Å². The minimum absolute atomic E-state index is 0.0255. The van der Waals surface area contributed by atoms with E-state index >= 15 is 8.78 Å². The highest BCUT2D eigenvalue weighted by Gasteiger charge is 2.50. The maximum Gasteiger partial charge on any atom is 0.251 e. The van der Waals surface area contributed by atoms with Crippen LogP contribution in [-0.2, 0) is 18.4 Å². The van der Waals surface area contributed by atoms with Crippen molar-refractivity contribution >= 4 is 17.5 Å². The fourth-order valence-corrected chi connectivity index (χ4v) is 7.46. The van der Waals surface area contributed by atoms with Crippen molar-refractivity contribution in [3.8, 4) is 16.9 Å². The molecule has 8 heteroatoms. The zero-order chi connectivity index (χ0) is 29.8. The summed E-state index contributed by atoms with van der Waals surface area (Å²) < 4.78 is 38.8. The van der Waals surface area contributed by atoms with Crippen molar-refractivity contribution in [1.29, 1.82) is 0 Å². The first kappa shape index (κ1) is 29.1. The van der Waals surface area contributed by atoms with E-state index in [0.717, 1.165) is 30.4 Å². The number of amides is 1. The number of hydrogen-bond acceptors (Lipinski definition) is 4. The Bertz CT molecular complexity index is 1530. The zero-order valence-electron chi connectivity index (χ0n) is 24.3. The van der Waals surface area contributed by atoms with Crippen molar-refractivity contribution in [3.05, 3.63) is 86.9 Å². The Kier molecular flexibility index (Phi) is 7.57. The highest BCUT2D eigenvalue weighted by molar-refractivity contribution is 6.34. The van der Waals surface area contributed by atoms with Crippen LogP contribution in [0.1, 0.15) is 84.5 Å². The first-order valence-corrected chi connectivity index (χ1v) is 15.2. The Balaban J connectivity index is 1.50. The van der Waals surface area contributed by atoms with Gasteiger partial charge in [0.1, 0.15) is 17.4 Å². The second kappa shape index (κ2) is 10.9. The molecule has 0 radical (unpaired) electrons. The zero-order valence-corrected chi connectivity index (χ0v) is 25.0. The summed E-state index contributed by atoms with van der Waals surface area (Å²) in [6, 6.07) is 13.0. The van der Waals surface area contributed by atoms with E-state index in [0.29, 0.717) is 49.1 Å². The standard InChI is InChI=1S/C34H37ClF2N2O3/c1-19-27-26(42-34(19,21-9-5-4-6-10-21)18-39-22-12-14-33(2,41)15-13-22)17-25(36)30(35)29(27)28-24(32(40)38-3)16-20-8-7-11-23(20)31(28)37/h4-6,9-10,16-17,19,22,39,41H,7-8,11-15,18H2,1-3H3,(H,38,40)/t19-,22-,33-,34-/m0/s1. The van der Waals surface area contributed by atoms with Gasteiger partial charge in [-0.3, -0.25) is 4.79 Å². The van der Waals surface area contributed by atoms with Crippen LogP contribution in [0.3, 0.4) is 0 Å². The van der Waals surface area contributed by atoms with E-state index in [1.165, 1.54) is 13.1 Å². The monoisotopic (exact) mass is 594 g/mol. The van der Waals surface area contributed by atoms with Crippen LogP contribution in [0, 0.1) is 11.6 Å². The number of rotatable bonds is 6. The number of carbonyl (C=O) groups excluding carboxylic acids is 1. The maximum atomic E-state index is 16.5. The summed E-state index contributed by atoms with van der Waals surface area (Å²) >= 11 is 6.72. The average molecular weight is 595 g/mol. The number of hydrogen-bond donors (Lipinski definition) is 3. The lowest BCUT2D eigenvalue weighted by molar-refractivity contribution is 0.00890. The quantitative estimate of drug-likeness (QED) is 0.293. The third-order valence-electron chi connectivity index (χ3n) is 9.68. The number of nitrogens with one attached hydrogen (secondary N) is 2. The van der Waals surface area contributed by atoms with Crippen LogP contribution >= 0.6 is 11.6 Å². The molecule has 1 saturated carbocycles. The summed E-state index contributed by atoms with van der Waals surface area (Å²) in [4.78, 5) is 13.1. The fourth-order valence-electron chi connectivity index (χ4n) is 7.20. The van der Waals surface area contributed by atoms with Gasteiger partial charge in [-0.1, -0.05) is 48.9 Å². The van der Waals surface area contributed by atoms with Gasteiger partial charge in [-0.2, -0.15) is 0 Å². The number of carbonyl (C=O) groups is 1. The number of fused-ring (bicyclic) bond motifs is 2. The lowest BCUT2D eigenvalue weighted by Gasteiger charge is -2.38. The smallest absolute Gasteiger partial charge is 0.251 e. The molecule has 3 aromatic rings. The summed E-state index contributed by atoms with van der Waals surface area (Å²) in [5, 5.41) is 16.5. The lowest BCUT2D eigenvalue weighted by atomic mass is 9.76. The Morgan fingerprint density at radius 1 is 1.12 bits per heavy atom. The summed E-state index contributed by atoms with van der Waals surface area (Å²) in [6.07, 6.45) is 5.06. The van der Waals surface area contributed by atoms with Crippen molar-refractivity contribution in [3.63, 3.8) is 0 Å². The van der Waals surface area contributed by atoms with Gasteiger partial charge in [0.25, 0.3) is 5.91 Å². The first-order valence-electron chi connectivity index (χ1n) is 14.8. The second-order valence-electron chi connectivity index (χ2n) is 12.4. The first-order chi connectivity index (χ1) is 20.1. The lowest BCUT2D eigenvalue weighted by Crippen LogP contribution is -2.49. The Labute approximate surface area is 250 Å². The summed E-state index contributed by atoms with van der Waals surface area (Å²) in [7, 11) is 1.50. The second-order valence-corrected chi connectivity index (χ2v) is 12.8. The molecule has 5 nitrogen and oxygen atoms in total. The fraction of sp³-hybridized carbons (Fsp3) is 0.441. The molecule has 222 valence electrons. The molecule has 1 amide bonds. The maximum absolute atomic E-state index is 16.5. The molecular formula is C34H37ClF2N2O3. The van der Waals surface area contributed by atoms with Gasteiger partial charge in [-0.05, 0) is 74.6 Å². The molecule has 2 atom stereocenters. The molecule has 0 spiro atoms. The van der Waals surface area contributed by atoms with E-state index in [2.05, 4.69) is 10.6 Å².